The van der Waals surface area contributed by atoms with Crippen LogP contribution in [0.1, 0.15) is 13.3 Å². The van der Waals surface area contributed by atoms with Crippen LogP contribution in [0, 0.1) is 0 Å². The molecule has 0 spiro atoms. The molecule has 1 rings (SSSR count). The van der Waals surface area contributed by atoms with Crippen molar-refractivity contribution in [1.29, 1.82) is 0 Å². The number of carbonyl (C=O) groups excluding carboxylic acids is 1. The third kappa shape index (κ3) is 4.82. The molecule has 2 N–H and O–H groups in total. The Morgan fingerprint density at radius 3 is 2.30 bits per heavy atom. The minimum atomic E-state index is -3.44. The highest BCUT2D eigenvalue weighted by molar-refractivity contribution is 7.89. The molecule has 0 aromatic heterocycles. The van der Waals surface area contributed by atoms with Gasteiger partial charge in [0.1, 0.15) is 0 Å². The highest BCUT2D eigenvalue weighted by Crippen LogP contribution is 2.13. The lowest BCUT2D eigenvalue weighted by Gasteiger charge is -2.12. The van der Waals surface area contributed by atoms with Gasteiger partial charge in [0.25, 0.3) is 0 Å². The Morgan fingerprint density at radius 1 is 1.20 bits per heavy atom. The molecule has 0 saturated heterocycles. The van der Waals surface area contributed by atoms with Crippen LogP contribution in [0.3, 0.4) is 0 Å². The van der Waals surface area contributed by atoms with Crippen LogP contribution in [0.2, 0.25) is 0 Å². The largest absolute Gasteiger partial charge is 0.376 e. The molecule has 6 nitrogen and oxygen atoms in total. The molecule has 0 aliphatic heterocycles. The van der Waals surface area contributed by atoms with Crippen LogP contribution in [-0.4, -0.2) is 46.4 Å². The van der Waals surface area contributed by atoms with Gasteiger partial charge in [0, 0.05) is 26.3 Å². The van der Waals surface area contributed by atoms with Crippen molar-refractivity contribution in [3.05, 3.63) is 24.3 Å². The normalized spacial score (nSPS) is 11.2. The first-order valence-electron chi connectivity index (χ1n) is 6.40. The van der Waals surface area contributed by atoms with Gasteiger partial charge in [-0.2, -0.15) is 0 Å². The zero-order chi connectivity index (χ0) is 15.2. The summed E-state index contributed by atoms with van der Waals surface area (Å²) in [6.07, 6.45) is 0.742. The predicted octanol–water partition coefficient (Wildman–Crippen LogP) is 0.875. The molecule has 1 amide bonds. The van der Waals surface area contributed by atoms with E-state index >= 15 is 0 Å². The number of nitrogens with zero attached hydrogens (tertiary/aromatic N) is 1. The van der Waals surface area contributed by atoms with Crippen LogP contribution in [0.25, 0.3) is 0 Å². The number of sulfonamides is 1. The topological polar surface area (TPSA) is 78.5 Å². The lowest BCUT2D eigenvalue weighted by Crippen LogP contribution is -2.28. The molecule has 1 aromatic rings. The molecule has 0 bridgehead atoms. The smallest absolute Gasteiger partial charge is 0.241 e. The molecule has 0 aliphatic carbocycles. The summed E-state index contributed by atoms with van der Waals surface area (Å²) in [6, 6.07) is 6.31. The number of rotatable bonds is 7. The van der Waals surface area contributed by atoms with Crippen LogP contribution in [-0.2, 0) is 14.8 Å². The number of anilines is 1. The van der Waals surface area contributed by atoms with Crippen molar-refractivity contribution in [1.82, 2.24) is 9.62 Å². The van der Waals surface area contributed by atoms with E-state index in [1.807, 2.05) is 6.92 Å². The summed E-state index contributed by atoms with van der Waals surface area (Å²) < 4.78 is 26.2. The van der Waals surface area contributed by atoms with Gasteiger partial charge in [-0.15, -0.1) is 0 Å². The number of amides is 1. The van der Waals surface area contributed by atoms with Crippen molar-refractivity contribution < 1.29 is 13.2 Å². The van der Waals surface area contributed by atoms with Crippen molar-refractivity contribution in [3.8, 4) is 0 Å². The van der Waals surface area contributed by atoms with Gasteiger partial charge < -0.3 is 10.2 Å². The fourth-order valence-corrected chi connectivity index (χ4v) is 2.54. The highest BCUT2D eigenvalue weighted by atomic mass is 32.2. The van der Waals surface area contributed by atoms with E-state index in [9.17, 15) is 13.2 Å². The molecule has 7 heteroatoms. The summed E-state index contributed by atoms with van der Waals surface area (Å²) in [7, 11) is -0.0775. The molecule has 112 valence electrons. The number of hydrogen-bond donors (Lipinski definition) is 2. The second-order valence-corrected chi connectivity index (χ2v) is 6.33. The van der Waals surface area contributed by atoms with Crippen LogP contribution in [0.4, 0.5) is 5.69 Å². The van der Waals surface area contributed by atoms with Crippen molar-refractivity contribution >= 4 is 21.6 Å². The van der Waals surface area contributed by atoms with Crippen LogP contribution >= 0.6 is 0 Å². The quantitative estimate of drug-likeness (QED) is 0.783. The molecule has 20 heavy (non-hydrogen) atoms. The fourth-order valence-electron chi connectivity index (χ4n) is 1.41. The maximum atomic E-state index is 11.9. The number of hydrogen-bond acceptors (Lipinski definition) is 4. The van der Waals surface area contributed by atoms with Gasteiger partial charge in [-0.05, 0) is 30.7 Å². The van der Waals surface area contributed by atoms with Crippen LogP contribution in [0.15, 0.2) is 29.2 Å². The van der Waals surface area contributed by atoms with E-state index in [-0.39, 0.29) is 17.3 Å². The first-order valence-corrected chi connectivity index (χ1v) is 7.89. The monoisotopic (exact) mass is 299 g/mol. The van der Waals surface area contributed by atoms with Crippen molar-refractivity contribution in [2.75, 3.05) is 32.5 Å². The third-order valence-corrected chi connectivity index (χ3v) is 4.13. The van der Waals surface area contributed by atoms with E-state index in [0.717, 1.165) is 6.42 Å². The summed E-state index contributed by atoms with van der Waals surface area (Å²) in [5, 5.41) is 2.94. The van der Waals surface area contributed by atoms with Crippen LogP contribution < -0.4 is 10.0 Å². The van der Waals surface area contributed by atoms with E-state index in [1.165, 1.54) is 17.0 Å². The molecule has 0 fully saturated rings. The van der Waals surface area contributed by atoms with Crippen LogP contribution in [0.5, 0.6) is 0 Å². The molecule has 1 aromatic carbocycles. The van der Waals surface area contributed by atoms with Crippen molar-refractivity contribution in [3.63, 3.8) is 0 Å². The Bertz CT molecular complexity index is 538. The molecule has 0 aliphatic rings. The second-order valence-electron chi connectivity index (χ2n) is 4.56. The Morgan fingerprint density at radius 2 is 1.80 bits per heavy atom. The first-order chi connectivity index (χ1) is 9.36. The number of nitrogens with one attached hydrogen (secondary N) is 2. The Kier molecular flexibility index (Phi) is 5.97. The lowest BCUT2D eigenvalue weighted by atomic mass is 10.3. The predicted molar refractivity (Wildman–Crippen MR) is 79.1 cm³/mol. The maximum absolute atomic E-state index is 11.9. The fraction of sp³-hybridized carbons (Fsp3) is 0.462. The minimum Gasteiger partial charge on any atom is -0.376 e. The summed E-state index contributed by atoms with van der Waals surface area (Å²) in [4.78, 5) is 13.1. The van der Waals surface area contributed by atoms with Crippen molar-refractivity contribution in [2.45, 2.75) is 18.2 Å². The molecule has 0 radical (unpaired) electrons. The van der Waals surface area contributed by atoms with Gasteiger partial charge in [-0.1, -0.05) is 6.92 Å². The van der Waals surface area contributed by atoms with E-state index in [4.69, 9.17) is 0 Å². The number of benzene rings is 1. The van der Waals surface area contributed by atoms with Crippen molar-refractivity contribution in [2.24, 2.45) is 0 Å². The second kappa shape index (κ2) is 7.25. The maximum Gasteiger partial charge on any atom is 0.241 e. The van der Waals surface area contributed by atoms with Gasteiger partial charge >= 0.3 is 0 Å². The minimum absolute atomic E-state index is 0.0497. The summed E-state index contributed by atoms with van der Waals surface area (Å²) in [5.41, 5.74) is 0.703. The Balaban J connectivity index is 2.67. The third-order valence-electron chi connectivity index (χ3n) is 2.65. The van der Waals surface area contributed by atoms with Gasteiger partial charge in [-0.25, -0.2) is 13.1 Å². The first kappa shape index (κ1) is 16.5. The summed E-state index contributed by atoms with van der Waals surface area (Å²) >= 11 is 0. The molecule has 0 atom stereocenters. The van der Waals surface area contributed by atoms with E-state index < -0.39 is 10.0 Å². The van der Waals surface area contributed by atoms with Gasteiger partial charge in [-0.3, -0.25) is 4.79 Å². The Hall–Kier alpha value is -1.60. The average Bonchev–Trinajstić information content (AvgIpc) is 2.43. The zero-order valence-corrected chi connectivity index (χ0v) is 12.8. The lowest BCUT2D eigenvalue weighted by molar-refractivity contribution is -0.126. The van der Waals surface area contributed by atoms with Gasteiger partial charge in [0.05, 0.1) is 11.4 Å². The molecule has 0 heterocycles. The standard InChI is InChI=1S/C13H21N3O3S/c1-4-9-15-20(18,19)12-7-5-11(6-8-12)14-10-13(17)16(2)3/h5-8,14-15H,4,9-10H2,1-3H3. The Labute approximate surface area is 120 Å². The summed E-state index contributed by atoms with van der Waals surface area (Å²) in [6.45, 7) is 2.49. The average molecular weight is 299 g/mol. The summed E-state index contributed by atoms with van der Waals surface area (Å²) in [5.74, 6) is -0.0497. The molecule has 0 unspecified atom stereocenters. The number of likely N-dealkylation sites (N-methyl/N-ethyl adjacent to an activating group) is 1. The van der Waals surface area contributed by atoms with Gasteiger partial charge in [0.2, 0.25) is 15.9 Å². The highest BCUT2D eigenvalue weighted by Gasteiger charge is 2.12. The molecule has 0 saturated carbocycles. The molecular weight excluding hydrogens is 278 g/mol. The van der Waals surface area contributed by atoms with E-state index in [1.54, 1.807) is 26.2 Å². The van der Waals surface area contributed by atoms with Gasteiger partial charge in [0.15, 0.2) is 0 Å². The zero-order valence-electron chi connectivity index (χ0n) is 12.0. The molecular formula is C13H21N3O3S. The van der Waals surface area contributed by atoms with E-state index in [0.29, 0.717) is 12.2 Å². The SMILES string of the molecule is CCCNS(=O)(=O)c1ccc(NCC(=O)N(C)C)cc1. The van der Waals surface area contributed by atoms with E-state index in [2.05, 4.69) is 10.0 Å². The number of carbonyl (C=O) groups is 1.